The number of halogens is 5. The fourth-order valence-electron chi connectivity index (χ4n) is 1.44. The number of rotatable bonds is 6. The average Bonchev–Trinajstić information content (AvgIpc) is 2.42. The molecule has 1 atom stereocenters. The molecule has 0 fully saturated rings. The molecule has 1 unspecified atom stereocenters. The number of hydrogen-bond donors (Lipinski definition) is 0. The molecule has 0 heterocycles. The molecule has 1 aromatic rings. The van der Waals surface area contributed by atoms with Crippen LogP contribution in [0.15, 0.2) is 18.2 Å². The lowest BCUT2D eigenvalue weighted by Gasteiger charge is -2.16. The molecule has 0 bridgehead atoms. The first-order valence-corrected chi connectivity index (χ1v) is 7.27. The lowest BCUT2D eigenvalue weighted by molar-refractivity contribution is -0.216. The predicted molar refractivity (Wildman–Crippen MR) is 77.6 cm³/mol. The quantitative estimate of drug-likeness (QED) is 0.542. The molecule has 9 heteroatoms. The zero-order valence-corrected chi connectivity index (χ0v) is 13.5. The SMILES string of the molecule is CC(OC(=O)CCCC(=O)Oc1cccc(Cl)c1Cl)C(F)(F)F. The van der Waals surface area contributed by atoms with Crippen LogP contribution in [-0.4, -0.2) is 24.2 Å². The molecule has 0 saturated heterocycles. The van der Waals surface area contributed by atoms with Gasteiger partial charge in [0.1, 0.15) is 5.02 Å². The minimum atomic E-state index is -4.61. The lowest BCUT2D eigenvalue weighted by atomic mass is 10.2. The van der Waals surface area contributed by atoms with E-state index in [2.05, 4.69) is 4.74 Å². The normalized spacial score (nSPS) is 12.6. The second-order valence-corrected chi connectivity index (χ2v) is 5.34. The Labute approximate surface area is 140 Å². The van der Waals surface area contributed by atoms with Crippen LogP contribution in [0.25, 0.3) is 0 Å². The van der Waals surface area contributed by atoms with E-state index < -0.39 is 24.2 Å². The van der Waals surface area contributed by atoms with E-state index in [-0.39, 0.29) is 35.1 Å². The van der Waals surface area contributed by atoms with Crippen LogP contribution in [0.2, 0.25) is 10.0 Å². The maximum absolute atomic E-state index is 12.2. The van der Waals surface area contributed by atoms with Gasteiger partial charge in [0.15, 0.2) is 11.9 Å². The molecule has 23 heavy (non-hydrogen) atoms. The van der Waals surface area contributed by atoms with Crippen LogP contribution >= 0.6 is 23.2 Å². The largest absolute Gasteiger partial charge is 0.453 e. The monoisotopic (exact) mass is 372 g/mol. The summed E-state index contributed by atoms with van der Waals surface area (Å²) in [7, 11) is 0. The van der Waals surface area contributed by atoms with Gasteiger partial charge in [0.05, 0.1) is 5.02 Å². The standard InChI is InChI=1S/C14H13Cl2F3O4/c1-8(14(17,18)19)22-11(20)6-3-7-12(21)23-10-5-2-4-9(15)13(10)16/h2,4-5,8H,3,6-7H2,1H3. The first-order chi connectivity index (χ1) is 10.6. The van der Waals surface area contributed by atoms with Crippen molar-refractivity contribution in [1.29, 1.82) is 0 Å². The minimum absolute atomic E-state index is 0.0135. The van der Waals surface area contributed by atoms with Crippen molar-refractivity contribution in [2.75, 3.05) is 0 Å². The van der Waals surface area contributed by atoms with Gasteiger partial charge in [-0.3, -0.25) is 9.59 Å². The number of alkyl halides is 3. The fraction of sp³-hybridized carbons (Fsp3) is 0.429. The number of ether oxygens (including phenoxy) is 2. The highest BCUT2D eigenvalue weighted by molar-refractivity contribution is 6.43. The smallest absolute Gasteiger partial charge is 0.425 e. The summed E-state index contributed by atoms with van der Waals surface area (Å²) in [5.41, 5.74) is 0. The molecule has 128 valence electrons. The maximum atomic E-state index is 12.2. The maximum Gasteiger partial charge on any atom is 0.425 e. The van der Waals surface area contributed by atoms with Crippen LogP contribution in [0.5, 0.6) is 5.75 Å². The lowest BCUT2D eigenvalue weighted by Crippen LogP contribution is -2.30. The zero-order valence-electron chi connectivity index (χ0n) is 12.0. The second-order valence-electron chi connectivity index (χ2n) is 4.55. The topological polar surface area (TPSA) is 52.6 Å². The van der Waals surface area contributed by atoms with Crippen molar-refractivity contribution in [2.24, 2.45) is 0 Å². The zero-order chi connectivity index (χ0) is 17.6. The highest BCUT2D eigenvalue weighted by Gasteiger charge is 2.38. The summed E-state index contributed by atoms with van der Waals surface area (Å²) in [5.74, 6) is -1.66. The average molecular weight is 373 g/mol. The van der Waals surface area contributed by atoms with Gasteiger partial charge in [-0.25, -0.2) is 0 Å². The van der Waals surface area contributed by atoms with Crippen molar-refractivity contribution < 1.29 is 32.2 Å². The number of esters is 2. The van der Waals surface area contributed by atoms with Crippen LogP contribution < -0.4 is 4.74 Å². The third-order valence-corrected chi connectivity index (χ3v) is 3.47. The van der Waals surface area contributed by atoms with E-state index in [1.807, 2.05) is 0 Å². The first-order valence-electron chi connectivity index (χ1n) is 6.52. The predicted octanol–water partition coefficient (Wildman–Crippen LogP) is 4.56. The Bertz CT molecular complexity index is 576. The molecule has 0 N–H and O–H groups in total. The third kappa shape index (κ3) is 6.66. The Kier molecular flexibility index (Phi) is 7.15. The van der Waals surface area contributed by atoms with Crippen molar-refractivity contribution in [2.45, 2.75) is 38.5 Å². The molecule has 1 rings (SSSR count). The Morgan fingerprint density at radius 1 is 1.17 bits per heavy atom. The van der Waals surface area contributed by atoms with Gasteiger partial charge >= 0.3 is 18.1 Å². The molecular formula is C14H13Cl2F3O4. The molecule has 0 aliphatic heterocycles. The molecule has 0 amide bonds. The molecule has 0 spiro atoms. The summed E-state index contributed by atoms with van der Waals surface area (Å²) in [5, 5.41) is 0.280. The number of carbonyl (C=O) groups excluding carboxylic acids is 2. The van der Waals surface area contributed by atoms with Crippen LogP contribution in [0.3, 0.4) is 0 Å². The van der Waals surface area contributed by atoms with E-state index in [0.29, 0.717) is 0 Å². The fourth-order valence-corrected chi connectivity index (χ4v) is 1.77. The molecule has 0 radical (unpaired) electrons. The summed E-state index contributed by atoms with van der Waals surface area (Å²) < 4.78 is 45.7. The van der Waals surface area contributed by atoms with Crippen molar-refractivity contribution in [3.05, 3.63) is 28.2 Å². The Morgan fingerprint density at radius 3 is 2.39 bits per heavy atom. The second kappa shape index (κ2) is 8.40. The molecule has 1 aromatic carbocycles. The van der Waals surface area contributed by atoms with Crippen LogP contribution in [0.1, 0.15) is 26.2 Å². The number of carbonyl (C=O) groups is 2. The van der Waals surface area contributed by atoms with Crippen LogP contribution in [0.4, 0.5) is 13.2 Å². The summed E-state index contributed by atoms with van der Waals surface area (Å²) in [4.78, 5) is 22.8. The summed E-state index contributed by atoms with van der Waals surface area (Å²) in [6.45, 7) is 0.729. The van der Waals surface area contributed by atoms with E-state index in [1.165, 1.54) is 18.2 Å². The summed E-state index contributed by atoms with van der Waals surface area (Å²) in [6.07, 6.45) is -7.33. The van der Waals surface area contributed by atoms with Crippen molar-refractivity contribution >= 4 is 35.1 Å². The van der Waals surface area contributed by atoms with Gasteiger partial charge in [-0.05, 0) is 25.5 Å². The van der Waals surface area contributed by atoms with E-state index in [1.54, 1.807) is 0 Å². The van der Waals surface area contributed by atoms with Crippen LogP contribution in [0, 0.1) is 0 Å². The van der Waals surface area contributed by atoms with Gasteiger partial charge in [0.25, 0.3) is 0 Å². The van der Waals surface area contributed by atoms with E-state index in [0.717, 1.165) is 6.92 Å². The van der Waals surface area contributed by atoms with Gasteiger partial charge in [0, 0.05) is 12.8 Å². The van der Waals surface area contributed by atoms with Crippen molar-refractivity contribution in [3.8, 4) is 5.75 Å². The molecule has 0 aromatic heterocycles. The minimum Gasteiger partial charge on any atom is -0.453 e. The van der Waals surface area contributed by atoms with Gasteiger partial charge in [-0.1, -0.05) is 29.3 Å². The van der Waals surface area contributed by atoms with E-state index in [9.17, 15) is 22.8 Å². The molecule has 0 aliphatic carbocycles. The van der Waals surface area contributed by atoms with Crippen molar-refractivity contribution in [3.63, 3.8) is 0 Å². The Hall–Kier alpha value is -1.47. The Morgan fingerprint density at radius 2 is 1.78 bits per heavy atom. The highest BCUT2D eigenvalue weighted by atomic mass is 35.5. The summed E-state index contributed by atoms with van der Waals surface area (Å²) >= 11 is 11.6. The molecule has 4 nitrogen and oxygen atoms in total. The van der Waals surface area contributed by atoms with E-state index >= 15 is 0 Å². The molecule has 0 saturated carbocycles. The van der Waals surface area contributed by atoms with Gasteiger partial charge < -0.3 is 9.47 Å². The van der Waals surface area contributed by atoms with E-state index in [4.69, 9.17) is 27.9 Å². The summed E-state index contributed by atoms with van der Waals surface area (Å²) in [6, 6.07) is 4.48. The molecular weight excluding hydrogens is 360 g/mol. The van der Waals surface area contributed by atoms with Gasteiger partial charge in [-0.2, -0.15) is 13.2 Å². The Balaban J connectivity index is 2.37. The highest BCUT2D eigenvalue weighted by Crippen LogP contribution is 2.31. The number of benzene rings is 1. The van der Waals surface area contributed by atoms with Gasteiger partial charge in [-0.15, -0.1) is 0 Å². The van der Waals surface area contributed by atoms with Crippen LogP contribution in [-0.2, 0) is 14.3 Å². The third-order valence-electron chi connectivity index (χ3n) is 2.67. The number of hydrogen-bond acceptors (Lipinski definition) is 4. The molecule has 0 aliphatic rings. The van der Waals surface area contributed by atoms with Gasteiger partial charge in [0.2, 0.25) is 0 Å². The first kappa shape index (κ1) is 19.6. The van der Waals surface area contributed by atoms with Crippen molar-refractivity contribution in [1.82, 2.24) is 0 Å².